The molecule has 0 saturated heterocycles. The molecule has 0 spiro atoms. The number of nitrogens with zero attached hydrogens (tertiary/aromatic N) is 2. The minimum atomic E-state index is 0.116. The number of amides is 1. The van der Waals surface area contributed by atoms with Crippen LogP contribution < -0.4 is 5.32 Å². The molecule has 1 N–H and O–H groups in total. The van der Waals surface area contributed by atoms with E-state index in [0.29, 0.717) is 6.42 Å². The molecular weight excluding hydrogens is 306 g/mol. The van der Waals surface area contributed by atoms with E-state index in [2.05, 4.69) is 21.1 Å². The number of carbonyl (C=O) groups excluding carboxylic acids is 1. The summed E-state index contributed by atoms with van der Waals surface area (Å²) in [6.07, 6.45) is 5.22. The first-order valence-corrected chi connectivity index (χ1v) is 8.36. The number of aromatic nitrogens is 2. The zero-order valence-corrected chi connectivity index (χ0v) is 13.5. The number of aryl methyl sites for hydroxylation is 3. The van der Waals surface area contributed by atoms with Crippen molar-refractivity contribution < 1.29 is 4.79 Å². The molecule has 2 aromatic heterocycles. The van der Waals surface area contributed by atoms with Gasteiger partial charge in [0.25, 0.3) is 0 Å². The van der Waals surface area contributed by atoms with Crippen molar-refractivity contribution in [2.45, 2.75) is 45.2 Å². The molecule has 0 fully saturated rings. The van der Waals surface area contributed by atoms with E-state index in [1.54, 1.807) is 11.3 Å². The Labute approximate surface area is 133 Å². The lowest BCUT2D eigenvalue weighted by Crippen LogP contribution is -2.40. The Balaban J connectivity index is 1.49. The topological polar surface area (TPSA) is 46.9 Å². The lowest BCUT2D eigenvalue weighted by atomic mass is 10.1. The Bertz CT molecular complexity index is 649. The molecule has 4 nitrogen and oxygen atoms in total. The number of hydrogen-bond donors (Lipinski definition) is 1. The molecule has 0 radical (unpaired) electrons. The van der Waals surface area contributed by atoms with Crippen LogP contribution >= 0.6 is 22.9 Å². The van der Waals surface area contributed by atoms with Crippen LogP contribution in [0.3, 0.4) is 0 Å². The number of carbonyl (C=O) groups is 1. The normalized spacial score (nSPS) is 17.5. The molecule has 0 aromatic carbocycles. The van der Waals surface area contributed by atoms with Gasteiger partial charge in [-0.3, -0.25) is 4.79 Å². The van der Waals surface area contributed by atoms with Crippen molar-refractivity contribution in [3.05, 3.63) is 39.1 Å². The third-order valence-corrected chi connectivity index (χ3v) is 5.00. The number of halogens is 1. The Morgan fingerprint density at radius 2 is 2.43 bits per heavy atom. The minimum Gasteiger partial charge on any atom is -0.352 e. The zero-order chi connectivity index (χ0) is 14.8. The second-order valence-corrected chi connectivity index (χ2v) is 7.26. The molecular formula is C15H18ClN3OS. The summed E-state index contributed by atoms with van der Waals surface area (Å²) in [6.45, 7) is 2.83. The SMILES string of the molecule is Cc1cn2c(n1)CC[C@@H](NC(=O)CCc1ccc(Cl)s1)C2. The van der Waals surface area contributed by atoms with Gasteiger partial charge < -0.3 is 9.88 Å². The van der Waals surface area contributed by atoms with Gasteiger partial charge in [0.1, 0.15) is 5.82 Å². The first-order chi connectivity index (χ1) is 10.1. The van der Waals surface area contributed by atoms with Crippen LogP contribution in [0.25, 0.3) is 0 Å². The molecule has 21 heavy (non-hydrogen) atoms. The van der Waals surface area contributed by atoms with Crippen molar-refractivity contribution in [2.24, 2.45) is 0 Å². The van der Waals surface area contributed by atoms with Gasteiger partial charge in [0.05, 0.1) is 10.0 Å². The lowest BCUT2D eigenvalue weighted by molar-refractivity contribution is -0.121. The van der Waals surface area contributed by atoms with Gasteiger partial charge in [0.15, 0.2) is 0 Å². The molecule has 1 amide bonds. The van der Waals surface area contributed by atoms with Crippen molar-refractivity contribution in [3.8, 4) is 0 Å². The molecule has 6 heteroatoms. The maximum Gasteiger partial charge on any atom is 0.220 e. The standard InChI is InChI=1S/C15H18ClN3OS/c1-10-8-19-9-11(2-6-14(19)17-10)18-15(20)7-4-12-3-5-13(16)21-12/h3,5,8,11H,2,4,6-7,9H2,1H3,(H,18,20)/t11-/m1/s1. The summed E-state index contributed by atoms with van der Waals surface area (Å²) in [5, 5.41) is 3.13. The largest absolute Gasteiger partial charge is 0.352 e. The fourth-order valence-corrected chi connectivity index (χ4v) is 3.81. The summed E-state index contributed by atoms with van der Waals surface area (Å²) in [5.41, 5.74) is 1.05. The van der Waals surface area contributed by atoms with E-state index in [0.717, 1.165) is 46.5 Å². The van der Waals surface area contributed by atoms with E-state index in [1.807, 2.05) is 19.1 Å². The second kappa shape index (κ2) is 6.20. The smallest absolute Gasteiger partial charge is 0.220 e. The van der Waals surface area contributed by atoms with Gasteiger partial charge in [0, 0.05) is 36.5 Å². The monoisotopic (exact) mass is 323 g/mol. The zero-order valence-electron chi connectivity index (χ0n) is 11.9. The fourth-order valence-electron chi connectivity index (χ4n) is 2.73. The van der Waals surface area contributed by atoms with E-state index >= 15 is 0 Å². The van der Waals surface area contributed by atoms with E-state index in [-0.39, 0.29) is 11.9 Å². The molecule has 0 bridgehead atoms. The highest BCUT2D eigenvalue weighted by Crippen LogP contribution is 2.22. The number of hydrogen-bond acceptors (Lipinski definition) is 3. The minimum absolute atomic E-state index is 0.116. The molecule has 112 valence electrons. The molecule has 0 unspecified atom stereocenters. The first-order valence-electron chi connectivity index (χ1n) is 7.16. The number of thiophene rings is 1. The van der Waals surface area contributed by atoms with E-state index in [1.165, 1.54) is 0 Å². The number of nitrogens with one attached hydrogen (secondary N) is 1. The summed E-state index contributed by atoms with van der Waals surface area (Å²) in [7, 11) is 0. The Hall–Kier alpha value is -1.33. The van der Waals surface area contributed by atoms with Crippen molar-refractivity contribution >= 4 is 28.8 Å². The fraction of sp³-hybridized carbons (Fsp3) is 0.467. The Morgan fingerprint density at radius 3 is 3.19 bits per heavy atom. The van der Waals surface area contributed by atoms with Gasteiger partial charge in [-0.05, 0) is 31.9 Å². The van der Waals surface area contributed by atoms with Crippen LogP contribution in [-0.4, -0.2) is 21.5 Å². The molecule has 0 saturated carbocycles. The molecule has 1 aliphatic rings. The average Bonchev–Trinajstić information content (AvgIpc) is 3.01. The quantitative estimate of drug-likeness (QED) is 0.940. The molecule has 1 aliphatic heterocycles. The lowest BCUT2D eigenvalue weighted by Gasteiger charge is -2.24. The summed E-state index contributed by atoms with van der Waals surface area (Å²) in [4.78, 5) is 17.7. The third-order valence-electron chi connectivity index (χ3n) is 3.71. The maximum atomic E-state index is 12.0. The van der Waals surface area contributed by atoms with Crippen LogP contribution in [-0.2, 0) is 24.2 Å². The predicted octanol–water partition coefficient (Wildman–Crippen LogP) is 2.97. The highest BCUT2D eigenvalue weighted by molar-refractivity contribution is 7.16. The average molecular weight is 324 g/mol. The summed E-state index contributed by atoms with van der Waals surface area (Å²) >= 11 is 7.43. The maximum absolute atomic E-state index is 12.0. The van der Waals surface area contributed by atoms with Gasteiger partial charge in [-0.25, -0.2) is 4.98 Å². The van der Waals surface area contributed by atoms with Gasteiger partial charge in [0.2, 0.25) is 5.91 Å². The van der Waals surface area contributed by atoms with Gasteiger partial charge in [-0.15, -0.1) is 11.3 Å². The summed E-state index contributed by atoms with van der Waals surface area (Å²) < 4.78 is 2.93. The predicted molar refractivity (Wildman–Crippen MR) is 84.9 cm³/mol. The summed E-state index contributed by atoms with van der Waals surface area (Å²) in [5.74, 6) is 1.25. The Morgan fingerprint density at radius 1 is 1.57 bits per heavy atom. The Kier molecular flexibility index (Phi) is 4.31. The van der Waals surface area contributed by atoms with Crippen LogP contribution in [0.1, 0.15) is 29.2 Å². The molecule has 3 heterocycles. The van der Waals surface area contributed by atoms with E-state index in [9.17, 15) is 4.79 Å². The molecule has 2 aromatic rings. The second-order valence-electron chi connectivity index (χ2n) is 5.46. The van der Waals surface area contributed by atoms with Crippen LogP contribution in [0.5, 0.6) is 0 Å². The molecule has 3 rings (SSSR count). The van der Waals surface area contributed by atoms with Crippen molar-refractivity contribution in [1.82, 2.24) is 14.9 Å². The third kappa shape index (κ3) is 3.66. The number of fused-ring (bicyclic) bond motifs is 1. The van der Waals surface area contributed by atoms with Gasteiger partial charge in [-0.2, -0.15) is 0 Å². The van der Waals surface area contributed by atoms with E-state index < -0.39 is 0 Å². The highest BCUT2D eigenvalue weighted by Gasteiger charge is 2.21. The van der Waals surface area contributed by atoms with Crippen molar-refractivity contribution in [3.63, 3.8) is 0 Å². The number of rotatable bonds is 4. The summed E-state index contributed by atoms with van der Waals surface area (Å²) in [6, 6.07) is 4.08. The van der Waals surface area contributed by atoms with E-state index in [4.69, 9.17) is 11.6 Å². The first kappa shape index (κ1) is 14.6. The molecule has 0 aliphatic carbocycles. The van der Waals surface area contributed by atoms with Gasteiger partial charge >= 0.3 is 0 Å². The van der Waals surface area contributed by atoms with Crippen molar-refractivity contribution in [1.29, 1.82) is 0 Å². The van der Waals surface area contributed by atoms with Crippen LogP contribution in [0.15, 0.2) is 18.3 Å². The number of imidazole rings is 1. The molecule has 1 atom stereocenters. The highest BCUT2D eigenvalue weighted by atomic mass is 35.5. The van der Waals surface area contributed by atoms with Gasteiger partial charge in [-0.1, -0.05) is 11.6 Å². The van der Waals surface area contributed by atoms with Crippen LogP contribution in [0, 0.1) is 6.92 Å². The van der Waals surface area contributed by atoms with Crippen LogP contribution in [0.4, 0.5) is 0 Å². The van der Waals surface area contributed by atoms with Crippen LogP contribution in [0.2, 0.25) is 4.34 Å². The van der Waals surface area contributed by atoms with Crippen molar-refractivity contribution in [2.75, 3.05) is 0 Å².